The van der Waals surface area contributed by atoms with E-state index < -0.39 is 52.4 Å². The van der Waals surface area contributed by atoms with Crippen LogP contribution in [0.3, 0.4) is 0 Å². The number of anilines is 3. The van der Waals surface area contributed by atoms with Crippen LogP contribution in [-0.4, -0.2) is 47.9 Å². The van der Waals surface area contributed by atoms with Gasteiger partial charge in [0.05, 0.1) is 22.7 Å². The van der Waals surface area contributed by atoms with Crippen LogP contribution in [0.1, 0.15) is 35.1 Å². The van der Waals surface area contributed by atoms with Gasteiger partial charge in [0.25, 0.3) is 0 Å². The Morgan fingerprint density at radius 1 is 0.909 bits per heavy atom. The smallest absolute Gasteiger partial charge is 0.416 e. The zero-order valence-electron chi connectivity index (χ0n) is 23.5. The van der Waals surface area contributed by atoms with E-state index >= 15 is 0 Å². The predicted octanol–water partition coefficient (Wildman–Crippen LogP) is 5.84. The van der Waals surface area contributed by atoms with Crippen molar-refractivity contribution < 1.29 is 44.3 Å². The van der Waals surface area contributed by atoms with Crippen molar-refractivity contribution in [2.75, 3.05) is 47.3 Å². The fourth-order valence-electron chi connectivity index (χ4n) is 4.87. The maximum Gasteiger partial charge on any atom is 0.416 e. The highest BCUT2D eigenvalue weighted by Gasteiger charge is 2.33. The maximum absolute atomic E-state index is 14.5. The lowest BCUT2D eigenvalue weighted by Crippen LogP contribution is -2.47. The minimum absolute atomic E-state index is 0.131. The molecule has 2 unspecified atom stereocenters. The second kappa shape index (κ2) is 13.0. The second-order valence-corrected chi connectivity index (χ2v) is 11.2. The third-order valence-corrected chi connectivity index (χ3v) is 8.12. The summed E-state index contributed by atoms with van der Waals surface area (Å²) in [7, 11) is 1.16. The Balaban J connectivity index is 1.47. The predicted molar refractivity (Wildman–Crippen MR) is 151 cm³/mol. The molecule has 1 fully saturated rings. The molecule has 0 aromatic heterocycles. The monoisotopic (exact) mass is 645 g/mol. The first-order valence-corrected chi connectivity index (χ1v) is 14.4. The molecule has 2 atom stereocenters. The molecule has 15 heteroatoms. The molecule has 3 aromatic carbocycles. The molecule has 44 heavy (non-hydrogen) atoms. The highest BCUT2D eigenvalue weighted by molar-refractivity contribution is 7.80. The van der Waals surface area contributed by atoms with Crippen LogP contribution in [0.2, 0.25) is 0 Å². The van der Waals surface area contributed by atoms with Crippen LogP contribution in [-0.2, 0) is 35.0 Å². The van der Waals surface area contributed by atoms with E-state index in [0.29, 0.717) is 28.6 Å². The van der Waals surface area contributed by atoms with Gasteiger partial charge in [-0.2, -0.15) is 26.3 Å². The van der Waals surface area contributed by atoms with Crippen molar-refractivity contribution >= 4 is 34.2 Å². The first kappa shape index (κ1) is 33.1. The summed E-state index contributed by atoms with van der Waals surface area (Å²) in [4.78, 5) is 16.5. The molecule has 1 aliphatic rings. The lowest BCUT2D eigenvalue weighted by atomic mass is 9.99. The fraction of sp³-hybridized carbons (Fsp3) is 0.345. The van der Waals surface area contributed by atoms with E-state index in [4.69, 9.17) is 0 Å². The number of nitrogens with zero attached hydrogens (tertiary/aromatic N) is 3. The van der Waals surface area contributed by atoms with E-state index in [9.17, 15) is 44.3 Å². The van der Waals surface area contributed by atoms with Crippen LogP contribution in [0.5, 0.6) is 0 Å². The number of nitrogens with one attached hydrogen (secondary N) is 1. The summed E-state index contributed by atoms with van der Waals surface area (Å²) in [5, 5.41) is 2.68. The summed E-state index contributed by atoms with van der Waals surface area (Å²) >= 11 is -2.70. The maximum atomic E-state index is 14.5. The molecule has 238 valence electrons. The van der Waals surface area contributed by atoms with Crippen LogP contribution in [0.4, 0.5) is 47.8 Å². The summed E-state index contributed by atoms with van der Waals surface area (Å²) in [6.45, 7) is 2.59. The Hall–Kier alpha value is -3.85. The summed E-state index contributed by atoms with van der Waals surface area (Å²) in [6.07, 6.45) is -9.08. The Morgan fingerprint density at radius 2 is 1.48 bits per heavy atom. The summed E-state index contributed by atoms with van der Waals surface area (Å²) in [6, 6.07) is 11.5. The highest BCUT2D eigenvalue weighted by Crippen LogP contribution is 2.35. The van der Waals surface area contributed by atoms with Gasteiger partial charge in [-0.3, -0.25) is 9.00 Å². The topological polar surface area (TPSA) is 79.0 Å². The molecule has 0 bridgehead atoms. The molecule has 1 heterocycles. The normalized spacial score (nSPS) is 15.6. The highest BCUT2D eigenvalue weighted by atomic mass is 32.2. The SMILES string of the molecule is CC(C(=O)NCc1ccc(C(F)(F)F)cc1N1CCN(c2ccc(C(F)(F)F)cc2)CC1)c1ccc(N(C)S(=O)[O-])c(F)c1. The quantitative estimate of drug-likeness (QED) is 0.246. The number of rotatable bonds is 8. The van der Waals surface area contributed by atoms with Crippen molar-refractivity contribution in [2.45, 2.75) is 31.7 Å². The van der Waals surface area contributed by atoms with Crippen LogP contribution in [0.25, 0.3) is 0 Å². The average Bonchev–Trinajstić information content (AvgIpc) is 2.98. The van der Waals surface area contributed by atoms with E-state index in [2.05, 4.69) is 5.32 Å². The van der Waals surface area contributed by atoms with Gasteiger partial charge in [0, 0.05) is 62.4 Å². The molecule has 7 nitrogen and oxygen atoms in total. The molecule has 0 radical (unpaired) electrons. The van der Waals surface area contributed by atoms with Gasteiger partial charge in [-0.15, -0.1) is 0 Å². The van der Waals surface area contributed by atoms with Crippen molar-refractivity contribution in [3.63, 3.8) is 0 Å². The fourth-order valence-corrected chi connectivity index (χ4v) is 5.17. The van der Waals surface area contributed by atoms with E-state index in [0.717, 1.165) is 37.4 Å². The van der Waals surface area contributed by atoms with Crippen molar-refractivity contribution in [1.82, 2.24) is 5.32 Å². The van der Waals surface area contributed by atoms with Crippen molar-refractivity contribution in [2.24, 2.45) is 0 Å². The van der Waals surface area contributed by atoms with Gasteiger partial charge in [-0.1, -0.05) is 12.1 Å². The average molecular weight is 646 g/mol. The third kappa shape index (κ3) is 7.62. The Morgan fingerprint density at radius 3 is 2.02 bits per heavy atom. The van der Waals surface area contributed by atoms with Crippen LogP contribution in [0.15, 0.2) is 60.7 Å². The first-order chi connectivity index (χ1) is 20.6. The molecule has 3 aromatic rings. The standard InChI is InChI=1S/C29H29F7N4O3S/c1-18(19-4-10-25(24(30)15-19)38(2)44(42)43)27(41)37-17-20-3-5-22(29(34,35)36)16-26(20)40-13-11-39(12-14-40)23-8-6-21(7-9-23)28(31,32)33/h3-10,15-16,18H,11-14,17H2,1-2H3,(H,37,41)(H,42,43)/p-1. The van der Waals surface area contributed by atoms with Gasteiger partial charge in [-0.25, -0.2) is 4.39 Å². The van der Waals surface area contributed by atoms with Crippen molar-refractivity contribution in [3.8, 4) is 0 Å². The lowest BCUT2D eigenvalue weighted by Gasteiger charge is -2.38. The van der Waals surface area contributed by atoms with Crippen LogP contribution in [0, 0.1) is 5.82 Å². The molecule has 1 N–H and O–H groups in total. The summed E-state index contributed by atoms with van der Waals surface area (Å²) < 4.78 is 117. The minimum Gasteiger partial charge on any atom is -0.755 e. The van der Waals surface area contributed by atoms with Gasteiger partial charge in [0.2, 0.25) is 5.91 Å². The third-order valence-electron chi connectivity index (χ3n) is 7.47. The van der Waals surface area contributed by atoms with Gasteiger partial charge in [-0.05, 0) is 66.6 Å². The van der Waals surface area contributed by atoms with Crippen LogP contribution < -0.4 is 19.4 Å². The summed E-state index contributed by atoms with van der Waals surface area (Å²) in [5.74, 6) is -2.25. The molecule has 0 aliphatic carbocycles. The molecular formula is C29H28F7N4O3S-. The first-order valence-electron chi connectivity index (χ1n) is 13.3. The van der Waals surface area contributed by atoms with Crippen LogP contribution >= 0.6 is 0 Å². The van der Waals surface area contributed by atoms with Gasteiger partial charge < -0.3 is 24.0 Å². The molecule has 0 saturated carbocycles. The summed E-state index contributed by atoms with van der Waals surface area (Å²) in [5.41, 5.74) is -0.382. The zero-order chi connectivity index (χ0) is 32.4. The molecule has 0 spiro atoms. The largest absolute Gasteiger partial charge is 0.755 e. The van der Waals surface area contributed by atoms with Gasteiger partial charge in [0.1, 0.15) is 5.82 Å². The Bertz CT molecular complexity index is 1510. The number of halogens is 7. The lowest BCUT2D eigenvalue weighted by molar-refractivity contribution is -0.138. The van der Waals surface area contributed by atoms with E-state index in [1.807, 2.05) is 4.90 Å². The number of hydrogen-bond acceptors (Lipinski definition) is 5. The molecular weight excluding hydrogens is 617 g/mol. The minimum atomic E-state index is -4.61. The van der Waals surface area contributed by atoms with Crippen molar-refractivity contribution in [3.05, 3.63) is 88.7 Å². The van der Waals surface area contributed by atoms with E-state index in [1.165, 1.54) is 37.3 Å². The number of carbonyl (C=O) groups is 1. The Kier molecular flexibility index (Phi) is 9.78. The van der Waals surface area contributed by atoms with Crippen molar-refractivity contribution in [1.29, 1.82) is 0 Å². The molecule has 1 aliphatic heterocycles. The van der Waals surface area contributed by atoms with Gasteiger partial charge in [0.15, 0.2) is 0 Å². The second-order valence-electron chi connectivity index (χ2n) is 10.2. The zero-order valence-corrected chi connectivity index (χ0v) is 24.3. The molecule has 4 rings (SSSR count). The van der Waals surface area contributed by atoms with E-state index in [1.54, 1.807) is 4.90 Å². The number of piperazine rings is 1. The number of carbonyl (C=O) groups excluding carboxylic acids is 1. The number of amides is 1. The number of alkyl halides is 6. The number of benzene rings is 3. The molecule has 1 saturated heterocycles. The number of hydrogen-bond donors (Lipinski definition) is 1. The van der Waals surface area contributed by atoms with Gasteiger partial charge >= 0.3 is 12.4 Å². The Labute approximate surface area is 251 Å². The molecule has 1 amide bonds. The van der Waals surface area contributed by atoms with E-state index in [-0.39, 0.29) is 36.6 Å².